The van der Waals surface area contributed by atoms with Crippen LogP contribution in [0, 0.1) is 0 Å². The number of aryl methyl sites for hydroxylation is 1. The number of aromatic nitrogens is 1. The number of hydrogen-bond donors (Lipinski definition) is 1. The number of pyridine rings is 1. The summed E-state index contributed by atoms with van der Waals surface area (Å²) in [6.45, 7) is 0. The molecular formula is C11H17N3O3S. The molecule has 0 aliphatic heterocycles. The Kier molecular flexibility index (Phi) is 4.80. The molecule has 1 aromatic heterocycles. The van der Waals surface area contributed by atoms with Crippen molar-refractivity contribution in [2.75, 3.05) is 14.1 Å². The molecule has 2 N–H and O–H groups in total. The Morgan fingerprint density at radius 1 is 1.39 bits per heavy atom. The van der Waals surface area contributed by atoms with Crippen molar-refractivity contribution < 1.29 is 13.2 Å². The molecule has 6 nitrogen and oxygen atoms in total. The topological polar surface area (TPSA) is 93.4 Å². The highest BCUT2D eigenvalue weighted by Gasteiger charge is 2.18. The van der Waals surface area contributed by atoms with Gasteiger partial charge in [0.05, 0.1) is 0 Å². The zero-order valence-corrected chi connectivity index (χ0v) is 11.3. The van der Waals surface area contributed by atoms with Gasteiger partial charge < -0.3 is 5.73 Å². The van der Waals surface area contributed by atoms with Gasteiger partial charge >= 0.3 is 0 Å². The molecule has 0 atom stereocenters. The van der Waals surface area contributed by atoms with Gasteiger partial charge in [0, 0.05) is 26.7 Å². The molecule has 18 heavy (non-hydrogen) atoms. The lowest BCUT2D eigenvalue weighted by Gasteiger charge is -2.10. The molecule has 100 valence electrons. The molecule has 0 unspecified atom stereocenters. The maximum absolute atomic E-state index is 11.7. The summed E-state index contributed by atoms with van der Waals surface area (Å²) < 4.78 is 24.6. The first kappa shape index (κ1) is 14.6. The molecule has 0 fully saturated rings. The van der Waals surface area contributed by atoms with Gasteiger partial charge in [-0.25, -0.2) is 17.7 Å². The van der Waals surface area contributed by atoms with Crippen molar-refractivity contribution in [3.05, 3.63) is 23.9 Å². The molecule has 0 saturated carbocycles. The fraction of sp³-hybridized carbons (Fsp3) is 0.455. The van der Waals surface area contributed by atoms with Gasteiger partial charge in [0.25, 0.3) is 10.0 Å². The second-order valence-electron chi connectivity index (χ2n) is 4.11. The SMILES string of the molecule is CN(C)S(=O)(=O)c1ccc(CCCC(N)=O)cn1. The van der Waals surface area contributed by atoms with Gasteiger partial charge in [-0.1, -0.05) is 6.07 Å². The summed E-state index contributed by atoms with van der Waals surface area (Å²) in [6.07, 6.45) is 3.12. The molecule has 0 aliphatic carbocycles. The predicted octanol–water partition coefficient (Wildman–Crippen LogP) is 0.140. The lowest BCUT2D eigenvalue weighted by Crippen LogP contribution is -2.23. The molecule has 0 radical (unpaired) electrons. The Balaban J connectivity index is 2.72. The smallest absolute Gasteiger partial charge is 0.260 e. The molecule has 0 aromatic carbocycles. The minimum atomic E-state index is -3.48. The third-order valence-corrected chi connectivity index (χ3v) is 4.16. The van der Waals surface area contributed by atoms with E-state index in [0.29, 0.717) is 19.3 Å². The van der Waals surface area contributed by atoms with Crippen LogP contribution in [-0.2, 0) is 21.2 Å². The van der Waals surface area contributed by atoms with E-state index in [1.165, 1.54) is 26.4 Å². The second kappa shape index (κ2) is 5.92. The number of carbonyl (C=O) groups is 1. The second-order valence-corrected chi connectivity index (χ2v) is 6.21. The lowest BCUT2D eigenvalue weighted by atomic mass is 10.1. The summed E-state index contributed by atoms with van der Waals surface area (Å²) in [5.41, 5.74) is 5.92. The fourth-order valence-corrected chi connectivity index (χ4v) is 2.17. The van der Waals surface area contributed by atoms with E-state index in [1.807, 2.05) is 0 Å². The van der Waals surface area contributed by atoms with Gasteiger partial charge in [-0.2, -0.15) is 0 Å². The Labute approximate surface area is 107 Å². The van der Waals surface area contributed by atoms with Gasteiger partial charge in [-0.05, 0) is 24.5 Å². The van der Waals surface area contributed by atoms with Crippen LogP contribution in [0.3, 0.4) is 0 Å². The highest BCUT2D eigenvalue weighted by molar-refractivity contribution is 7.89. The summed E-state index contributed by atoms with van der Waals surface area (Å²) in [5, 5.41) is 0.0196. The third kappa shape index (κ3) is 3.78. The molecule has 1 amide bonds. The van der Waals surface area contributed by atoms with Gasteiger partial charge in [0.1, 0.15) is 0 Å². The summed E-state index contributed by atoms with van der Waals surface area (Å²) in [7, 11) is -0.567. The molecule has 0 spiro atoms. The number of primary amides is 1. The first-order valence-corrected chi connectivity index (χ1v) is 6.94. The van der Waals surface area contributed by atoms with Crippen LogP contribution in [0.15, 0.2) is 23.4 Å². The highest BCUT2D eigenvalue weighted by Crippen LogP contribution is 2.11. The summed E-state index contributed by atoms with van der Waals surface area (Å²) >= 11 is 0. The molecular weight excluding hydrogens is 254 g/mol. The normalized spacial score (nSPS) is 11.7. The van der Waals surface area contributed by atoms with Crippen LogP contribution in [0.2, 0.25) is 0 Å². The highest BCUT2D eigenvalue weighted by atomic mass is 32.2. The van der Waals surface area contributed by atoms with E-state index in [1.54, 1.807) is 6.07 Å². The largest absolute Gasteiger partial charge is 0.370 e. The molecule has 1 heterocycles. The van der Waals surface area contributed by atoms with Crippen LogP contribution in [0.25, 0.3) is 0 Å². The summed E-state index contributed by atoms with van der Waals surface area (Å²) in [4.78, 5) is 14.5. The number of carbonyl (C=O) groups excluding carboxylic acids is 1. The van der Waals surface area contributed by atoms with Crippen LogP contribution < -0.4 is 5.73 Å². The molecule has 7 heteroatoms. The number of hydrogen-bond acceptors (Lipinski definition) is 4. The van der Waals surface area contributed by atoms with Crippen molar-refractivity contribution in [3.63, 3.8) is 0 Å². The van der Waals surface area contributed by atoms with Crippen LogP contribution in [0.5, 0.6) is 0 Å². The lowest BCUT2D eigenvalue weighted by molar-refractivity contribution is -0.118. The predicted molar refractivity (Wildman–Crippen MR) is 67.2 cm³/mol. The van der Waals surface area contributed by atoms with Crippen LogP contribution in [0.1, 0.15) is 18.4 Å². The molecule has 0 saturated heterocycles. The molecule has 1 aromatic rings. The van der Waals surface area contributed by atoms with Crippen molar-refractivity contribution in [2.24, 2.45) is 5.73 Å². The van der Waals surface area contributed by atoms with Crippen molar-refractivity contribution >= 4 is 15.9 Å². The Hall–Kier alpha value is -1.47. The van der Waals surface area contributed by atoms with Gasteiger partial charge in [-0.15, -0.1) is 0 Å². The molecule has 1 rings (SSSR count). The zero-order valence-electron chi connectivity index (χ0n) is 10.5. The quantitative estimate of drug-likeness (QED) is 0.796. The van der Waals surface area contributed by atoms with Crippen LogP contribution in [-0.4, -0.2) is 37.7 Å². The number of nitrogens with two attached hydrogens (primary N) is 1. The maximum Gasteiger partial charge on any atom is 0.260 e. The monoisotopic (exact) mass is 271 g/mol. The number of rotatable bonds is 6. The first-order valence-electron chi connectivity index (χ1n) is 5.50. The maximum atomic E-state index is 11.7. The van der Waals surface area contributed by atoms with E-state index >= 15 is 0 Å². The van der Waals surface area contributed by atoms with Crippen molar-refractivity contribution in [1.29, 1.82) is 0 Å². The Morgan fingerprint density at radius 2 is 2.06 bits per heavy atom. The van der Waals surface area contributed by atoms with E-state index in [2.05, 4.69) is 4.98 Å². The Morgan fingerprint density at radius 3 is 2.50 bits per heavy atom. The number of nitrogens with zero attached hydrogens (tertiary/aromatic N) is 2. The number of amides is 1. The van der Waals surface area contributed by atoms with Crippen LogP contribution in [0.4, 0.5) is 0 Å². The fourth-order valence-electron chi connectivity index (χ4n) is 1.37. The molecule has 0 aliphatic rings. The average molecular weight is 271 g/mol. The van der Waals surface area contributed by atoms with Gasteiger partial charge in [0.2, 0.25) is 5.91 Å². The van der Waals surface area contributed by atoms with E-state index in [-0.39, 0.29) is 10.9 Å². The minimum Gasteiger partial charge on any atom is -0.370 e. The van der Waals surface area contributed by atoms with E-state index < -0.39 is 10.0 Å². The van der Waals surface area contributed by atoms with Gasteiger partial charge in [-0.3, -0.25) is 4.79 Å². The first-order chi connectivity index (χ1) is 8.34. The van der Waals surface area contributed by atoms with E-state index in [9.17, 15) is 13.2 Å². The third-order valence-electron chi connectivity index (χ3n) is 2.43. The number of sulfonamides is 1. The summed E-state index contributed by atoms with van der Waals surface area (Å²) in [5.74, 6) is -0.338. The van der Waals surface area contributed by atoms with Crippen molar-refractivity contribution in [2.45, 2.75) is 24.3 Å². The zero-order chi connectivity index (χ0) is 13.8. The average Bonchev–Trinajstić information content (AvgIpc) is 2.29. The summed E-state index contributed by atoms with van der Waals surface area (Å²) in [6, 6.07) is 3.17. The Bertz CT molecular complexity index is 509. The van der Waals surface area contributed by atoms with Crippen LogP contribution >= 0.6 is 0 Å². The molecule has 0 bridgehead atoms. The standard InChI is InChI=1S/C11H17N3O3S/c1-14(2)18(16,17)11-7-6-9(8-13-11)4-3-5-10(12)15/h6-8H,3-5H2,1-2H3,(H2,12,15). The van der Waals surface area contributed by atoms with Crippen molar-refractivity contribution in [1.82, 2.24) is 9.29 Å². The van der Waals surface area contributed by atoms with Gasteiger partial charge in [0.15, 0.2) is 5.03 Å². The van der Waals surface area contributed by atoms with E-state index in [4.69, 9.17) is 5.73 Å². The van der Waals surface area contributed by atoms with Crippen molar-refractivity contribution in [3.8, 4) is 0 Å². The van der Waals surface area contributed by atoms with E-state index in [0.717, 1.165) is 9.87 Å². The minimum absolute atomic E-state index is 0.0196.